The molecular formula is C20H26F3N3O. The zero-order valence-electron chi connectivity index (χ0n) is 15.7. The molecule has 0 saturated carbocycles. The molecule has 1 aliphatic rings. The third-order valence-corrected chi connectivity index (χ3v) is 5.55. The van der Waals surface area contributed by atoms with Gasteiger partial charge in [0, 0.05) is 44.5 Å². The van der Waals surface area contributed by atoms with E-state index in [1.807, 2.05) is 6.20 Å². The molecule has 0 radical (unpaired) electrons. The average molecular weight is 381 g/mol. The predicted octanol–water partition coefficient (Wildman–Crippen LogP) is 3.84. The van der Waals surface area contributed by atoms with E-state index in [1.165, 1.54) is 6.07 Å². The van der Waals surface area contributed by atoms with Gasteiger partial charge in [-0.1, -0.05) is 19.1 Å². The van der Waals surface area contributed by atoms with Gasteiger partial charge >= 0.3 is 6.18 Å². The molecule has 1 aromatic heterocycles. The number of benzene rings is 1. The molecule has 0 aliphatic carbocycles. The molecule has 0 bridgehead atoms. The molecule has 1 atom stereocenters. The van der Waals surface area contributed by atoms with E-state index in [0.717, 1.165) is 30.9 Å². The maximum atomic E-state index is 13.0. The minimum absolute atomic E-state index is 0.260. The van der Waals surface area contributed by atoms with Crippen LogP contribution in [-0.4, -0.2) is 38.7 Å². The molecule has 1 unspecified atom stereocenters. The fourth-order valence-electron chi connectivity index (χ4n) is 3.83. The third kappa shape index (κ3) is 4.35. The van der Waals surface area contributed by atoms with Gasteiger partial charge in [0.1, 0.15) is 5.82 Å². The summed E-state index contributed by atoms with van der Waals surface area (Å²) < 4.78 is 41.1. The van der Waals surface area contributed by atoms with Crippen molar-refractivity contribution in [3.05, 3.63) is 53.6 Å². The number of piperidine rings is 1. The van der Waals surface area contributed by atoms with Crippen molar-refractivity contribution >= 4 is 0 Å². The van der Waals surface area contributed by atoms with Gasteiger partial charge in [-0.2, -0.15) is 13.2 Å². The van der Waals surface area contributed by atoms with Crippen LogP contribution in [0.15, 0.2) is 36.7 Å². The lowest BCUT2D eigenvalue weighted by Crippen LogP contribution is -2.47. The van der Waals surface area contributed by atoms with Crippen molar-refractivity contribution in [3.8, 4) is 0 Å². The Labute approximate surface area is 157 Å². The SMILES string of the molecule is CCc1nccn1CC(C)N1CCC(O)(c2cccc(C(F)(F)F)c2)CC1. The van der Waals surface area contributed by atoms with E-state index in [-0.39, 0.29) is 6.04 Å². The van der Waals surface area contributed by atoms with Crippen LogP contribution < -0.4 is 0 Å². The van der Waals surface area contributed by atoms with E-state index in [1.54, 1.807) is 12.3 Å². The van der Waals surface area contributed by atoms with Gasteiger partial charge in [-0.25, -0.2) is 4.98 Å². The number of hydrogen-bond acceptors (Lipinski definition) is 3. The molecule has 1 saturated heterocycles. The van der Waals surface area contributed by atoms with Crippen molar-refractivity contribution in [1.29, 1.82) is 0 Å². The Hall–Kier alpha value is -1.86. The van der Waals surface area contributed by atoms with Crippen LogP contribution in [-0.2, 0) is 24.7 Å². The summed E-state index contributed by atoms with van der Waals surface area (Å²) in [5, 5.41) is 11.0. The summed E-state index contributed by atoms with van der Waals surface area (Å²) >= 11 is 0. The Morgan fingerprint density at radius 2 is 1.96 bits per heavy atom. The monoisotopic (exact) mass is 381 g/mol. The lowest BCUT2D eigenvalue weighted by Gasteiger charge is -2.41. The fraction of sp³-hybridized carbons (Fsp3) is 0.550. The summed E-state index contributed by atoms with van der Waals surface area (Å²) in [5.41, 5.74) is -1.56. The molecule has 2 aromatic rings. The van der Waals surface area contributed by atoms with E-state index in [4.69, 9.17) is 0 Å². The summed E-state index contributed by atoms with van der Waals surface area (Å²) in [6.07, 6.45) is 1.08. The van der Waals surface area contributed by atoms with Gasteiger partial charge in [-0.15, -0.1) is 0 Å². The molecule has 1 N–H and O–H groups in total. The molecule has 1 aliphatic heterocycles. The molecule has 27 heavy (non-hydrogen) atoms. The number of halogens is 3. The highest BCUT2D eigenvalue weighted by Crippen LogP contribution is 2.37. The number of likely N-dealkylation sites (tertiary alicyclic amines) is 1. The molecule has 0 spiro atoms. The first-order chi connectivity index (χ1) is 12.7. The molecular weight excluding hydrogens is 355 g/mol. The van der Waals surface area contributed by atoms with E-state index >= 15 is 0 Å². The van der Waals surface area contributed by atoms with Gasteiger partial charge in [0.05, 0.1) is 11.2 Å². The second kappa shape index (κ2) is 7.64. The molecule has 2 heterocycles. The van der Waals surface area contributed by atoms with Crippen molar-refractivity contribution < 1.29 is 18.3 Å². The van der Waals surface area contributed by atoms with E-state index in [0.29, 0.717) is 31.5 Å². The fourth-order valence-corrected chi connectivity index (χ4v) is 3.83. The summed E-state index contributed by atoms with van der Waals surface area (Å²) in [6.45, 7) is 6.30. The van der Waals surface area contributed by atoms with Gasteiger partial charge in [0.15, 0.2) is 0 Å². The minimum atomic E-state index is -4.40. The number of aryl methyl sites for hydroxylation is 1. The zero-order chi connectivity index (χ0) is 19.7. The maximum Gasteiger partial charge on any atom is 0.416 e. The Kier molecular flexibility index (Phi) is 5.63. The van der Waals surface area contributed by atoms with Gasteiger partial charge in [-0.3, -0.25) is 4.90 Å². The highest BCUT2D eigenvalue weighted by molar-refractivity contribution is 5.30. The average Bonchev–Trinajstić information content (AvgIpc) is 3.09. The van der Waals surface area contributed by atoms with Gasteiger partial charge < -0.3 is 9.67 Å². The van der Waals surface area contributed by atoms with Gasteiger partial charge in [0.2, 0.25) is 0 Å². The summed E-state index contributed by atoms with van der Waals surface area (Å²) in [4.78, 5) is 6.62. The van der Waals surface area contributed by atoms with Crippen LogP contribution in [0.3, 0.4) is 0 Å². The molecule has 3 rings (SSSR count). The summed E-state index contributed by atoms with van der Waals surface area (Å²) in [7, 11) is 0. The van der Waals surface area contributed by atoms with Crippen LogP contribution in [0.2, 0.25) is 0 Å². The normalized spacial score (nSPS) is 19.2. The van der Waals surface area contributed by atoms with Crippen molar-refractivity contribution in [2.24, 2.45) is 0 Å². The first-order valence-electron chi connectivity index (χ1n) is 9.37. The van der Waals surface area contributed by atoms with Crippen molar-refractivity contribution in [2.45, 2.75) is 57.5 Å². The van der Waals surface area contributed by atoms with Crippen LogP contribution in [0.25, 0.3) is 0 Å². The Morgan fingerprint density at radius 1 is 1.26 bits per heavy atom. The van der Waals surface area contributed by atoms with Gasteiger partial charge in [0.25, 0.3) is 0 Å². The first-order valence-corrected chi connectivity index (χ1v) is 9.37. The number of imidazole rings is 1. The van der Waals surface area contributed by atoms with Crippen LogP contribution in [0.1, 0.15) is 43.6 Å². The smallest absolute Gasteiger partial charge is 0.385 e. The summed E-state index contributed by atoms with van der Waals surface area (Å²) in [6, 6.07) is 5.35. The van der Waals surface area contributed by atoms with Gasteiger partial charge in [-0.05, 0) is 37.5 Å². The van der Waals surface area contributed by atoms with Crippen molar-refractivity contribution in [3.63, 3.8) is 0 Å². The first kappa shape index (κ1) is 19.9. The van der Waals surface area contributed by atoms with Crippen molar-refractivity contribution in [1.82, 2.24) is 14.5 Å². The number of aliphatic hydroxyl groups is 1. The second-order valence-electron chi connectivity index (χ2n) is 7.34. The quantitative estimate of drug-likeness (QED) is 0.856. The molecule has 1 fully saturated rings. The van der Waals surface area contributed by atoms with Crippen LogP contribution in [0.4, 0.5) is 13.2 Å². The molecule has 4 nitrogen and oxygen atoms in total. The van der Waals surface area contributed by atoms with Crippen LogP contribution >= 0.6 is 0 Å². The van der Waals surface area contributed by atoms with E-state index in [2.05, 4.69) is 28.3 Å². The van der Waals surface area contributed by atoms with Crippen LogP contribution in [0, 0.1) is 0 Å². The largest absolute Gasteiger partial charge is 0.416 e. The number of alkyl halides is 3. The predicted molar refractivity (Wildman–Crippen MR) is 97.2 cm³/mol. The molecule has 0 amide bonds. The summed E-state index contributed by atoms with van der Waals surface area (Å²) in [5.74, 6) is 1.04. The molecule has 148 valence electrons. The number of rotatable bonds is 5. The highest BCUT2D eigenvalue weighted by atomic mass is 19.4. The second-order valence-corrected chi connectivity index (χ2v) is 7.34. The van der Waals surface area contributed by atoms with E-state index in [9.17, 15) is 18.3 Å². The lowest BCUT2D eigenvalue weighted by molar-refractivity contribution is -0.137. The molecule has 1 aromatic carbocycles. The Bertz CT molecular complexity index is 764. The third-order valence-electron chi connectivity index (χ3n) is 5.55. The minimum Gasteiger partial charge on any atom is -0.385 e. The Morgan fingerprint density at radius 3 is 2.59 bits per heavy atom. The van der Waals surface area contributed by atoms with E-state index < -0.39 is 17.3 Å². The number of aromatic nitrogens is 2. The van der Waals surface area contributed by atoms with Crippen LogP contribution in [0.5, 0.6) is 0 Å². The number of nitrogens with zero attached hydrogens (tertiary/aromatic N) is 3. The lowest BCUT2D eigenvalue weighted by atomic mass is 9.83. The number of hydrogen-bond donors (Lipinski definition) is 1. The Balaban J connectivity index is 1.65. The molecule has 7 heteroatoms. The highest BCUT2D eigenvalue weighted by Gasteiger charge is 2.37. The topological polar surface area (TPSA) is 41.3 Å². The zero-order valence-corrected chi connectivity index (χ0v) is 15.7. The standard InChI is InChI=1S/C20H26F3N3O/c1-3-18-24-9-12-26(18)14-15(2)25-10-7-19(27,8-11-25)16-5-4-6-17(13-16)20(21,22)23/h4-6,9,12-13,15,27H,3,7-8,10-11,14H2,1-2H3. The maximum absolute atomic E-state index is 13.0. The van der Waals surface area contributed by atoms with Crippen molar-refractivity contribution in [2.75, 3.05) is 13.1 Å².